The van der Waals surface area contributed by atoms with Crippen molar-refractivity contribution in [2.75, 3.05) is 0 Å². The second kappa shape index (κ2) is 8.54. The maximum atomic E-state index is 14.2. The zero-order chi connectivity index (χ0) is 18.4. The minimum atomic E-state index is -0.485. The molecule has 0 fully saturated rings. The van der Waals surface area contributed by atoms with Gasteiger partial charge in [-0.05, 0) is 60.0 Å². The van der Waals surface area contributed by atoms with Gasteiger partial charge in [-0.25, -0.2) is 18.2 Å². The van der Waals surface area contributed by atoms with E-state index >= 15 is 0 Å². The fourth-order valence-corrected chi connectivity index (χ4v) is 2.87. The molecule has 5 heteroatoms. The summed E-state index contributed by atoms with van der Waals surface area (Å²) in [6.07, 6.45) is 1.61. The zero-order valence-electron chi connectivity index (χ0n) is 13.6. The van der Waals surface area contributed by atoms with Crippen LogP contribution in [0, 0.1) is 17.5 Å². The number of para-hydroxylation sites is 1. The fourth-order valence-electron chi connectivity index (χ4n) is 2.22. The van der Waals surface area contributed by atoms with Crippen molar-refractivity contribution < 1.29 is 13.2 Å². The lowest BCUT2D eigenvalue weighted by Crippen LogP contribution is -2.00. The third-order valence-corrected chi connectivity index (χ3v) is 4.30. The van der Waals surface area contributed by atoms with Gasteiger partial charge >= 0.3 is 0 Å². The molecular formula is C21H14F3NS. The van der Waals surface area contributed by atoms with Crippen LogP contribution in [-0.2, 0) is 0 Å². The molecule has 0 spiro atoms. The van der Waals surface area contributed by atoms with E-state index in [1.165, 1.54) is 42.1 Å². The molecule has 0 aliphatic heterocycles. The van der Waals surface area contributed by atoms with Crippen molar-refractivity contribution in [1.29, 1.82) is 0 Å². The van der Waals surface area contributed by atoms with Gasteiger partial charge in [0.2, 0.25) is 0 Å². The molecule has 0 aliphatic carbocycles. The van der Waals surface area contributed by atoms with Crippen molar-refractivity contribution in [3.63, 3.8) is 0 Å². The molecule has 0 heterocycles. The molecular weight excluding hydrogens is 355 g/mol. The van der Waals surface area contributed by atoms with Crippen LogP contribution in [0.1, 0.15) is 5.56 Å². The van der Waals surface area contributed by atoms with Crippen molar-refractivity contribution in [2.24, 2.45) is 4.99 Å². The molecule has 0 unspecified atom stereocenters. The minimum Gasteiger partial charge on any atom is -0.245 e. The van der Waals surface area contributed by atoms with Gasteiger partial charge in [-0.15, -0.1) is 0 Å². The molecule has 0 atom stereocenters. The molecule has 130 valence electrons. The summed E-state index contributed by atoms with van der Waals surface area (Å²) in [4.78, 5) is 5.10. The standard InChI is InChI=1S/C21H14F3NS/c22-15-9-11-16(12-10-15)26-14-13-20(17-5-1-2-6-18(17)23)25-21-8-4-3-7-19(21)24/h1-14H/b14-13+,25-20?. The number of thioether (sulfide) groups is 1. The Morgan fingerprint density at radius 2 is 1.42 bits per heavy atom. The number of allylic oxidation sites excluding steroid dienone is 1. The largest absolute Gasteiger partial charge is 0.245 e. The summed E-state index contributed by atoms with van der Waals surface area (Å²) in [5, 5.41) is 1.71. The van der Waals surface area contributed by atoms with Crippen LogP contribution in [-0.4, -0.2) is 5.71 Å². The highest BCUT2D eigenvalue weighted by Crippen LogP contribution is 2.22. The first-order valence-corrected chi connectivity index (χ1v) is 8.68. The van der Waals surface area contributed by atoms with E-state index in [4.69, 9.17) is 0 Å². The number of rotatable bonds is 5. The van der Waals surface area contributed by atoms with Crippen LogP contribution < -0.4 is 0 Å². The van der Waals surface area contributed by atoms with Gasteiger partial charge in [0.05, 0.1) is 11.4 Å². The number of hydrogen-bond acceptors (Lipinski definition) is 2. The Hall–Kier alpha value is -2.79. The summed E-state index contributed by atoms with van der Waals surface area (Å²) in [5.41, 5.74) is 0.691. The first kappa shape index (κ1) is 18.0. The van der Waals surface area contributed by atoms with Crippen LogP contribution in [0.25, 0.3) is 0 Å². The monoisotopic (exact) mass is 369 g/mol. The Morgan fingerprint density at radius 3 is 2.12 bits per heavy atom. The van der Waals surface area contributed by atoms with Crippen LogP contribution in [0.3, 0.4) is 0 Å². The summed E-state index contributed by atoms with van der Waals surface area (Å²) < 4.78 is 41.1. The van der Waals surface area contributed by atoms with E-state index < -0.39 is 11.6 Å². The predicted octanol–water partition coefficient (Wildman–Crippen LogP) is 6.53. The molecule has 3 rings (SSSR count). The topological polar surface area (TPSA) is 12.4 Å². The molecule has 3 aromatic rings. The molecule has 0 aromatic heterocycles. The number of nitrogens with zero attached hydrogens (tertiary/aromatic N) is 1. The van der Waals surface area contributed by atoms with Gasteiger partial charge in [0.1, 0.15) is 17.5 Å². The highest BCUT2D eigenvalue weighted by atomic mass is 32.2. The van der Waals surface area contributed by atoms with Gasteiger partial charge in [0.15, 0.2) is 0 Å². The fraction of sp³-hybridized carbons (Fsp3) is 0. The number of benzene rings is 3. The van der Waals surface area contributed by atoms with Gasteiger partial charge in [0, 0.05) is 10.5 Å². The minimum absolute atomic E-state index is 0.127. The number of hydrogen-bond donors (Lipinski definition) is 0. The molecule has 26 heavy (non-hydrogen) atoms. The van der Waals surface area contributed by atoms with E-state index in [-0.39, 0.29) is 17.1 Å². The first-order chi connectivity index (χ1) is 12.6. The van der Waals surface area contributed by atoms with E-state index in [9.17, 15) is 13.2 Å². The van der Waals surface area contributed by atoms with E-state index in [0.717, 1.165) is 4.90 Å². The Bertz CT molecular complexity index is 949. The van der Waals surface area contributed by atoms with Crippen molar-refractivity contribution in [2.45, 2.75) is 4.90 Å². The van der Waals surface area contributed by atoms with Crippen LogP contribution >= 0.6 is 11.8 Å². The lowest BCUT2D eigenvalue weighted by atomic mass is 10.1. The molecule has 0 radical (unpaired) electrons. The lowest BCUT2D eigenvalue weighted by molar-refractivity contribution is 0.624. The van der Waals surface area contributed by atoms with Crippen molar-refractivity contribution in [3.8, 4) is 0 Å². The van der Waals surface area contributed by atoms with Crippen molar-refractivity contribution in [3.05, 3.63) is 107 Å². The SMILES string of the molecule is Fc1ccc(S/C=C/C(=Nc2ccccc2F)c2ccccc2F)cc1. The maximum absolute atomic E-state index is 14.2. The molecule has 0 saturated carbocycles. The van der Waals surface area contributed by atoms with Crippen molar-refractivity contribution >= 4 is 23.2 Å². The maximum Gasteiger partial charge on any atom is 0.148 e. The molecule has 3 aromatic carbocycles. The van der Waals surface area contributed by atoms with Gasteiger partial charge < -0.3 is 0 Å². The summed E-state index contributed by atoms with van der Waals surface area (Å²) in [6.45, 7) is 0. The first-order valence-electron chi connectivity index (χ1n) is 7.80. The van der Waals surface area contributed by atoms with E-state index in [1.807, 2.05) is 0 Å². The third kappa shape index (κ3) is 4.64. The van der Waals surface area contributed by atoms with Crippen LogP contribution in [0.15, 0.2) is 94.2 Å². The molecule has 0 saturated heterocycles. The van der Waals surface area contributed by atoms with Crippen molar-refractivity contribution in [1.82, 2.24) is 0 Å². The third-order valence-electron chi connectivity index (χ3n) is 3.49. The predicted molar refractivity (Wildman–Crippen MR) is 100 cm³/mol. The Morgan fingerprint density at radius 1 is 0.769 bits per heavy atom. The van der Waals surface area contributed by atoms with Gasteiger partial charge in [-0.3, -0.25) is 0 Å². The van der Waals surface area contributed by atoms with E-state index in [1.54, 1.807) is 53.9 Å². The smallest absolute Gasteiger partial charge is 0.148 e. The molecule has 0 amide bonds. The molecule has 1 nitrogen and oxygen atoms in total. The average molecular weight is 369 g/mol. The van der Waals surface area contributed by atoms with Crippen LogP contribution in [0.2, 0.25) is 0 Å². The second-order valence-electron chi connectivity index (χ2n) is 5.30. The molecule has 0 N–H and O–H groups in total. The van der Waals surface area contributed by atoms with Gasteiger partial charge in [0.25, 0.3) is 0 Å². The Kier molecular flexibility index (Phi) is 5.92. The average Bonchev–Trinajstić information content (AvgIpc) is 2.65. The van der Waals surface area contributed by atoms with E-state index in [2.05, 4.69) is 4.99 Å². The number of halogens is 3. The quantitative estimate of drug-likeness (QED) is 0.368. The van der Waals surface area contributed by atoms with Crippen LogP contribution in [0.5, 0.6) is 0 Å². The number of aliphatic imine (C=N–C) groups is 1. The second-order valence-corrected chi connectivity index (χ2v) is 6.28. The summed E-state index contributed by atoms with van der Waals surface area (Å²) in [6, 6.07) is 18.2. The highest BCUT2D eigenvalue weighted by Gasteiger charge is 2.08. The van der Waals surface area contributed by atoms with E-state index in [0.29, 0.717) is 5.71 Å². The summed E-state index contributed by atoms with van der Waals surface area (Å²) >= 11 is 1.33. The Labute approximate surface area is 153 Å². The Balaban J connectivity index is 1.93. The highest BCUT2D eigenvalue weighted by molar-refractivity contribution is 8.02. The van der Waals surface area contributed by atoms with Crippen LogP contribution in [0.4, 0.5) is 18.9 Å². The summed E-state index contributed by atoms with van der Waals surface area (Å²) in [5.74, 6) is -1.24. The van der Waals surface area contributed by atoms with Gasteiger partial charge in [-0.2, -0.15) is 0 Å². The van der Waals surface area contributed by atoms with Gasteiger partial charge in [-0.1, -0.05) is 36.0 Å². The normalized spacial score (nSPS) is 11.9. The lowest BCUT2D eigenvalue weighted by Gasteiger charge is -2.05. The zero-order valence-corrected chi connectivity index (χ0v) is 14.4. The molecule has 0 aliphatic rings. The molecule has 0 bridgehead atoms. The summed E-state index contributed by atoms with van der Waals surface area (Å²) in [7, 11) is 0.